The molecule has 33 nitrogen and oxygen atoms in total. The molecular weight excluding hydrogens is 1130 g/mol. The van der Waals surface area contributed by atoms with E-state index >= 15 is 0 Å². The van der Waals surface area contributed by atoms with Crippen LogP contribution in [0.3, 0.4) is 0 Å². The molecule has 2 rings (SSSR count). The predicted octanol–water partition coefficient (Wildman–Crippen LogP) is -6.13. The minimum Gasteiger partial charge on any atom is -0.508 e. The van der Waals surface area contributed by atoms with E-state index in [0.717, 1.165) is 6.92 Å². The number of phenols is 1. The van der Waals surface area contributed by atoms with Crippen molar-refractivity contribution >= 4 is 83.0 Å². The van der Waals surface area contributed by atoms with Crippen molar-refractivity contribution < 1.29 is 98.1 Å². The molecule has 0 radical (unpaired) electrons. The van der Waals surface area contributed by atoms with Gasteiger partial charge in [-0.1, -0.05) is 56.3 Å². The van der Waals surface area contributed by atoms with Crippen molar-refractivity contribution in [3.05, 3.63) is 65.7 Å². The van der Waals surface area contributed by atoms with Crippen LogP contribution >= 0.6 is 0 Å². The number of rotatable bonds is 38. The number of aliphatic carboxylic acids is 4. The molecule has 33 heteroatoms. The third-order valence-corrected chi connectivity index (χ3v) is 12.4. The Morgan fingerprint density at radius 1 is 0.471 bits per heavy atom. The fraction of sp³-hybridized carbons (Fsp3) is 0.500. The van der Waals surface area contributed by atoms with Gasteiger partial charge in [-0.25, -0.2) is 4.79 Å². The highest BCUT2D eigenvalue weighted by Gasteiger charge is 2.36. The number of carboxylic acids is 4. The van der Waals surface area contributed by atoms with Crippen molar-refractivity contribution in [3.8, 4) is 5.75 Å². The second kappa shape index (κ2) is 36.2. The SMILES string of the molecule is CC(C)[C@H](NC(=O)[C@H](CCC(=O)O)NC(=O)[C@@H](N)CO)C(=O)N[C@@H](CO)C(=O)N[C@@H](Cc1ccc(O)cc1)C(=O)N[C@@H](CC(=O)O)C(=O)N[C@@H](C)C(=O)N[C@@H](CCC(=O)O)C(=O)N[C@@H](Cc1ccccc1)C(=O)N[C@@H](CCCN=C(N)N)C(=O)O. The molecular formula is C52H75N13O20. The summed E-state index contributed by atoms with van der Waals surface area (Å²) in [6, 6.07) is -3.64. The van der Waals surface area contributed by atoms with Crippen LogP contribution in [0.15, 0.2) is 59.6 Å². The summed E-state index contributed by atoms with van der Waals surface area (Å²) in [7, 11) is 0. The van der Waals surface area contributed by atoms with E-state index < -0.39 is 195 Å². The molecule has 0 aliphatic carbocycles. The first-order valence-corrected chi connectivity index (χ1v) is 26.4. The van der Waals surface area contributed by atoms with Crippen molar-refractivity contribution in [2.75, 3.05) is 19.8 Å². The second-order valence-electron chi connectivity index (χ2n) is 19.7. The molecule has 85 heavy (non-hydrogen) atoms. The van der Waals surface area contributed by atoms with E-state index in [-0.39, 0.29) is 43.1 Å². The zero-order valence-electron chi connectivity index (χ0n) is 46.6. The Balaban J connectivity index is 2.40. The van der Waals surface area contributed by atoms with Crippen LogP contribution in [0.5, 0.6) is 5.75 Å². The number of nitrogens with zero attached hydrogens (tertiary/aromatic N) is 1. The van der Waals surface area contributed by atoms with Gasteiger partial charge in [0.1, 0.15) is 66.2 Å². The van der Waals surface area contributed by atoms with E-state index in [4.69, 9.17) is 17.2 Å². The van der Waals surface area contributed by atoms with Crippen LogP contribution in [-0.4, -0.2) is 199 Å². The zero-order chi connectivity index (χ0) is 64.1. The summed E-state index contributed by atoms with van der Waals surface area (Å²) in [5.74, 6) is -17.4. The van der Waals surface area contributed by atoms with Gasteiger partial charge in [-0.2, -0.15) is 0 Å². The molecule has 0 bridgehead atoms. The molecule has 0 saturated heterocycles. The van der Waals surface area contributed by atoms with Crippen LogP contribution in [-0.2, 0) is 75.2 Å². The van der Waals surface area contributed by atoms with E-state index in [2.05, 4.69) is 52.8 Å². The molecule has 2 aromatic rings. The number of hydrogen-bond acceptors (Lipinski definition) is 18. The number of nitrogens with two attached hydrogens (primary N) is 3. The minimum absolute atomic E-state index is 0.0252. The lowest BCUT2D eigenvalue weighted by molar-refractivity contribution is -0.143. The number of nitrogens with one attached hydrogen (secondary N) is 9. The standard InChI is InChI=1S/C52H75N13O20/c1-25(2)41(65-45(78)32(16-18-39(71)72)59-43(76)30(53)23-66)50(83)64-37(24-67)49(82)62-35(21-28-11-13-29(68)14-12-28)48(81)63-36(22-40(73)74)46(79)57-26(3)42(75)58-31(15-17-38(69)70)44(77)61-34(20-27-8-5-4-6-9-27)47(80)60-33(51(84)85)10-7-19-56-52(54)55/h4-6,8-9,11-14,25-26,30-37,41,66-68H,7,10,15-24,53H2,1-3H3,(H,57,79)(H,58,75)(H,59,76)(H,60,80)(H,61,77)(H,62,82)(H,63,81)(H,64,83)(H,65,78)(H,69,70)(H,71,72)(H,73,74)(H,84,85)(H4,54,55,56)/t26-,30-,31-,32-,33-,34-,35-,36-,37-,41-/m0/s1. The fourth-order valence-corrected chi connectivity index (χ4v) is 7.73. The third-order valence-electron chi connectivity index (χ3n) is 12.4. The van der Waals surface area contributed by atoms with Crippen LogP contribution in [0.2, 0.25) is 0 Å². The minimum atomic E-state index is -2.05. The number of aliphatic hydroxyl groups excluding tert-OH is 2. The molecule has 0 saturated carbocycles. The van der Waals surface area contributed by atoms with Gasteiger partial charge in [0.15, 0.2) is 5.96 Å². The van der Waals surface area contributed by atoms with Gasteiger partial charge < -0.3 is 101 Å². The van der Waals surface area contributed by atoms with Gasteiger partial charge in [-0.3, -0.25) is 62.5 Å². The summed E-state index contributed by atoms with van der Waals surface area (Å²) < 4.78 is 0. The summed E-state index contributed by atoms with van der Waals surface area (Å²) in [5.41, 5.74) is 16.9. The average molecular weight is 1200 g/mol. The summed E-state index contributed by atoms with van der Waals surface area (Å²) in [5, 5.41) is 88.4. The smallest absolute Gasteiger partial charge is 0.326 e. The van der Waals surface area contributed by atoms with Crippen molar-refractivity contribution in [3.63, 3.8) is 0 Å². The topological polar surface area (TPSA) is 562 Å². The number of phenolic OH excluding ortho intramolecular Hbond substituents is 1. The van der Waals surface area contributed by atoms with E-state index in [1.807, 2.05) is 0 Å². The van der Waals surface area contributed by atoms with Gasteiger partial charge in [0, 0.05) is 32.2 Å². The molecule has 9 amide bonds. The third kappa shape index (κ3) is 26.5. The van der Waals surface area contributed by atoms with Crippen molar-refractivity contribution in [2.45, 2.75) is 139 Å². The highest BCUT2D eigenvalue weighted by Crippen LogP contribution is 2.14. The summed E-state index contributed by atoms with van der Waals surface area (Å²) in [6.07, 6.45) is -4.33. The van der Waals surface area contributed by atoms with Crippen LogP contribution in [0.25, 0.3) is 0 Å². The number of carboxylic acid groups (broad SMARTS) is 4. The number of benzene rings is 2. The van der Waals surface area contributed by atoms with Gasteiger partial charge in [0.2, 0.25) is 53.2 Å². The number of hydrogen-bond donors (Lipinski definition) is 19. The summed E-state index contributed by atoms with van der Waals surface area (Å²) in [6.45, 7) is 2.02. The molecule has 0 spiro atoms. The van der Waals surface area contributed by atoms with Crippen LogP contribution in [0.4, 0.5) is 0 Å². The monoisotopic (exact) mass is 1200 g/mol. The van der Waals surface area contributed by atoms with Crippen molar-refractivity contribution in [1.82, 2.24) is 47.9 Å². The Hall–Kier alpha value is -9.50. The zero-order valence-corrected chi connectivity index (χ0v) is 46.6. The Labute approximate surface area is 486 Å². The first-order chi connectivity index (χ1) is 40.0. The maximum absolute atomic E-state index is 14.1. The Morgan fingerprint density at radius 3 is 1.38 bits per heavy atom. The lowest BCUT2D eigenvalue weighted by atomic mass is 10.0. The van der Waals surface area contributed by atoms with Crippen LogP contribution < -0.4 is 65.1 Å². The van der Waals surface area contributed by atoms with E-state index in [0.29, 0.717) is 5.56 Å². The number of carbonyl (C=O) groups is 13. The Morgan fingerprint density at radius 2 is 0.906 bits per heavy atom. The van der Waals surface area contributed by atoms with Crippen LogP contribution in [0, 0.1) is 5.92 Å². The maximum atomic E-state index is 14.1. The molecule has 0 aromatic heterocycles. The Bertz CT molecular complexity index is 2690. The quantitative estimate of drug-likeness (QED) is 0.0169. The van der Waals surface area contributed by atoms with Crippen LogP contribution in [0.1, 0.15) is 76.8 Å². The number of aliphatic hydroxyl groups is 2. The number of guanidine groups is 1. The largest absolute Gasteiger partial charge is 0.508 e. The predicted molar refractivity (Wildman–Crippen MR) is 296 cm³/mol. The lowest BCUT2D eigenvalue weighted by Gasteiger charge is -2.28. The van der Waals surface area contributed by atoms with Gasteiger partial charge >= 0.3 is 23.9 Å². The lowest BCUT2D eigenvalue weighted by Crippen LogP contribution is -2.61. The number of amides is 9. The molecule has 10 atom stereocenters. The van der Waals surface area contributed by atoms with Crippen molar-refractivity contribution in [1.29, 1.82) is 0 Å². The molecule has 22 N–H and O–H groups in total. The second-order valence-corrected chi connectivity index (χ2v) is 19.7. The Kier molecular flexibility index (Phi) is 30.5. The normalized spacial score (nSPS) is 14.4. The van der Waals surface area contributed by atoms with Gasteiger partial charge in [0.05, 0.1) is 19.6 Å². The number of carbonyl (C=O) groups excluding carboxylic acids is 9. The first kappa shape index (κ1) is 71.6. The molecule has 0 unspecified atom stereocenters. The molecule has 0 heterocycles. The maximum Gasteiger partial charge on any atom is 0.326 e. The number of aliphatic imine (C=N–C) groups is 1. The fourth-order valence-electron chi connectivity index (χ4n) is 7.73. The van der Waals surface area contributed by atoms with Gasteiger partial charge in [0.25, 0.3) is 0 Å². The van der Waals surface area contributed by atoms with Gasteiger partial charge in [-0.15, -0.1) is 0 Å². The van der Waals surface area contributed by atoms with E-state index in [9.17, 15) is 98.1 Å². The average Bonchev–Trinajstić information content (AvgIpc) is 3.63. The molecule has 2 aromatic carbocycles. The molecule has 468 valence electrons. The highest BCUT2D eigenvalue weighted by molar-refractivity contribution is 5.99. The van der Waals surface area contributed by atoms with Crippen molar-refractivity contribution in [2.24, 2.45) is 28.1 Å². The highest BCUT2D eigenvalue weighted by atomic mass is 16.4. The van der Waals surface area contributed by atoms with E-state index in [1.165, 1.54) is 38.1 Å². The summed E-state index contributed by atoms with van der Waals surface area (Å²) >= 11 is 0. The first-order valence-electron chi connectivity index (χ1n) is 26.4. The molecule has 0 aliphatic rings. The number of aromatic hydroxyl groups is 1. The molecule has 0 aliphatic heterocycles. The van der Waals surface area contributed by atoms with Gasteiger partial charge in [-0.05, 0) is 61.8 Å². The summed E-state index contributed by atoms with van der Waals surface area (Å²) in [4.78, 5) is 174. The molecule has 0 fully saturated rings. The van der Waals surface area contributed by atoms with E-state index in [1.54, 1.807) is 30.3 Å².